The summed E-state index contributed by atoms with van der Waals surface area (Å²) in [4.78, 5) is 92.1. The van der Waals surface area contributed by atoms with Crippen molar-refractivity contribution in [3.8, 4) is 0 Å². The lowest BCUT2D eigenvalue weighted by atomic mass is 9.87. The number of rotatable bonds is 30. The van der Waals surface area contributed by atoms with E-state index in [2.05, 4.69) is 30.9 Å². The minimum absolute atomic E-state index is 0.0192. The van der Waals surface area contributed by atoms with E-state index in [1.54, 1.807) is 0 Å². The zero-order chi connectivity index (χ0) is 43.0. The lowest BCUT2D eigenvalue weighted by Crippen LogP contribution is -2.49. The second-order valence-corrected chi connectivity index (χ2v) is 15.2. The molecule has 320 valence electrons. The molecule has 0 rings (SSSR count). The summed E-state index contributed by atoms with van der Waals surface area (Å²) >= 11 is 0. The fraction of sp³-hybridized carbons (Fsp3) is 0.757. The topological polar surface area (TPSA) is 358 Å². The highest BCUT2D eigenvalue weighted by Crippen LogP contribution is 2.22. The van der Waals surface area contributed by atoms with Crippen LogP contribution in [0.3, 0.4) is 0 Å². The summed E-state index contributed by atoms with van der Waals surface area (Å²) in [6, 6.07) is -2.85. The summed E-state index contributed by atoms with van der Waals surface area (Å²) in [6.45, 7) is 11.7. The summed E-state index contributed by atoms with van der Waals surface area (Å²) in [5.41, 5.74) is 38.1. The number of carbonyl (C=O) groups excluding carboxylic acids is 6. The molecule has 0 radical (unpaired) electrons. The van der Waals surface area contributed by atoms with Crippen molar-refractivity contribution >= 4 is 53.1 Å². The monoisotopic (exact) mass is 794 g/mol. The van der Waals surface area contributed by atoms with Crippen LogP contribution in [0.15, 0.2) is 15.0 Å². The van der Waals surface area contributed by atoms with E-state index in [9.17, 15) is 28.8 Å². The molecule has 0 aliphatic rings. The molecule has 0 aliphatic heterocycles. The Bertz CT molecular complexity index is 1360. The number of Topliss-reactive ketones (excluding diaryl/α,β-unsaturated/α-hetero) is 2. The van der Waals surface area contributed by atoms with E-state index in [1.165, 1.54) is 6.92 Å². The number of primary amides is 1. The van der Waals surface area contributed by atoms with Crippen LogP contribution in [0.1, 0.15) is 112 Å². The van der Waals surface area contributed by atoms with Crippen molar-refractivity contribution in [2.45, 2.75) is 130 Å². The lowest BCUT2D eigenvalue weighted by molar-refractivity contribution is -0.136. The van der Waals surface area contributed by atoms with Crippen LogP contribution in [-0.2, 0) is 28.8 Å². The first-order valence-corrected chi connectivity index (χ1v) is 19.6. The minimum Gasteiger partial charge on any atom is -0.370 e. The molecule has 19 nitrogen and oxygen atoms in total. The van der Waals surface area contributed by atoms with Crippen molar-refractivity contribution < 1.29 is 28.8 Å². The molecule has 0 spiro atoms. The lowest BCUT2D eigenvalue weighted by Gasteiger charge is -2.27. The van der Waals surface area contributed by atoms with Crippen LogP contribution < -0.4 is 56.1 Å². The molecular weight excluding hydrogens is 722 g/mol. The van der Waals surface area contributed by atoms with Crippen LogP contribution in [0.2, 0.25) is 0 Å². The van der Waals surface area contributed by atoms with Gasteiger partial charge in [-0.15, -0.1) is 0 Å². The molecule has 17 N–H and O–H groups in total. The van der Waals surface area contributed by atoms with Crippen molar-refractivity contribution in [1.82, 2.24) is 16.0 Å². The molecule has 0 saturated carbocycles. The molecule has 0 heterocycles. The average molecular weight is 794 g/mol. The largest absolute Gasteiger partial charge is 0.370 e. The molecule has 0 aromatic carbocycles. The van der Waals surface area contributed by atoms with E-state index >= 15 is 0 Å². The van der Waals surface area contributed by atoms with E-state index in [-0.39, 0.29) is 92.4 Å². The van der Waals surface area contributed by atoms with Crippen LogP contribution in [0, 0.1) is 29.6 Å². The summed E-state index contributed by atoms with van der Waals surface area (Å²) < 4.78 is 0. The summed E-state index contributed by atoms with van der Waals surface area (Å²) in [5.74, 6) is -5.14. The minimum atomic E-state index is -0.965. The Morgan fingerprint density at radius 2 is 0.893 bits per heavy atom. The smallest absolute Gasteiger partial charge is 0.239 e. The second kappa shape index (κ2) is 27.6. The van der Waals surface area contributed by atoms with Crippen LogP contribution in [0.25, 0.3) is 0 Å². The first-order chi connectivity index (χ1) is 26.2. The van der Waals surface area contributed by atoms with E-state index in [1.807, 2.05) is 34.6 Å². The van der Waals surface area contributed by atoms with Crippen LogP contribution in [0.5, 0.6) is 0 Å². The molecule has 56 heavy (non-hydrogen) atoms. The molecule has 0 aromatic heterocycles. The van der Waals surface area contributed by atoms with Crippen LogP contribution in [0.4, 0.5) is 0 Å². The average Bonchev–Trinajstić information content (AvgIpc) is 3.09. The number of aliphatic imine (C=N–C) groups is 3. The molecule has 4 amide bonds. The van der Waals surface area contributed by atoms with Gasteiger partial charge >= 0.3 is 0 Å². The molecule has 0 unspecified atom stereocenters. The molecule has 0 saturated heterocycles. The normalized spacial score (nSPS) is 14.3. The van der Waals surface area contributed by atoms with Gasteiger partial charge in [-0.1, -0.05) is 34.6 Å². The van der Waals surface area contributed by atoms with E-state index in [4.69, 9.17) is 40.1 Å². The predicted molar refractivity (Wildman–Crippen MR) is 219 cm³/mol. The molecule has 6 atom stereocenters. The van der Waals surface area contributed by atoms with Gasteiger partial charge < -0.3 is 56.1 Å². The Morgan fingerprint density at radius 1 is 0.500 bits per heavy atom. The molecule has 19 heteroatoms. The maximum atomic E-state index is 14.1. The van der Waals surface area contributed by atoms with Gasteiger partial charge in [0.25, 0.3) is 0 Å². The fourth-order valence-electron chi connectivity index (χ4n) is 6.10. The van der Waals surface area contributed by atoms with Gasteiger partial charge in [-0.3, -0.25) is 43.7 Å². The third-order valence-electron chi connectivity index (χ3n) is 9.11. The van der Waals surface area contributed by atoms with Gasteiger partial charge in [0, 0.05) is 50.2 Å². The van der Waals surface area contributed by atoms with Gasteiger partial charge in [0.15, 0.2) is 29.4 Å². The number of guanidine groups is 3. The number of carbonyl (C=O) groups is 6. The van der Waals surface area contributed by atoms with Gasteiger partial charge in [0.05, 0.1) is 12.1 Å². The van der Waals surface area contributed by atoms with Gasteiger partial charge in [0.2, 0.25) is 23.6 Å². The van der Waals surface area contributed by atoms with E-state index in [0.29, 0.717) is 45.1 Å². The predicted octanol–water partition coefficient (Wildman–Crippen LogP) is -0.624. The summed E-state index contributed by atoms with van der Waals surface area (Å²) in [6.07, 6.45) is 2.85. The molecular formula is C37H71N13O6. The number of ketones is 2. The maximum absolute atomic E-state index is 14.1. The third kappa shape index (κ3) is 23.1. The van der Waals surface area contributed by atoms with Gasteiger partial charge in [-0.2, -0.15) is 0 Å². The summed E-state index contributed by atoms with van der Waals surface area (Å²) in [7, 11) is 0. The zero-order valence-electron chi connectivity index (χ0n) is 34.4. The van der Waals surface area contributed by atoms with Crippen LogP contribution >= 0.6 is 0 Å². The number of hydrogen-bond donors (Lipinski definition) is 10. The number of nitrogens with zero attached hydrogens (tertiary/aromatic N) is 3. The van der Waals surface area contributed by atoms with Crippen molar-refractivity contribution in [2.75, 3.05) is 19.6 Å². The van der Waals surface area contributed by atoms with Gasteiger partial charge in [0.1, 0.15) is 6.04 Å². The fourth-order valence-corrected chi connectivity index (χ4v) is 6.10. The quantitative estimate of drug-likeness (QED) is 0.0247. The Kier molecular flexibility index (Phi) is 25.1. The number of nitrogens with two attached hydrogens (primary N) is 7. The maximum Gasteiger partial charge on any atom is 0.239 e. The first kappa shape index (κ1) is 51.0. The highest BCUT2D eigenvalue weighted by atomic mass is 16.2. The third-order valence-corrected chi connectivity index (χ3v) is 9.11. The van der Waals surface area contributed by atoms with Crippen molar-refractivity contribution in [2.24, 2.45) is 84.7 Å². The van der Waals surface area contributed by atoms with Crippen LogP contribution in [-0.4, -0.2) is 90.8 Å². The molecule has 0 fully saturated rings. The molecule has 0 aliphatic carbocycles. The Morgan fingerprint density at radius 3 is 1.34 bits per heavy atom. The van der Waals surface area contributed by atoms with E-state index in [0.717, 1.165) is 0 Å². The highest BCUT2D eigenvalue weighted by Gasteiger charge is 2.33. The molecule has 0 bridgehead atoms. The van der Waals surface area contributed by atoms with Gasteiger partial charge in [-0.25, -0.2) is 0 Å². The Balaban J connectivity index is 6.42. The Hall–Kier alpha value is -4.97. The van der Waals surface area contributed by atoms with Gasteiger partial charge in [-0.05, 0) is 76.5 Å². The van der Waals surface area contributed by atoms with Crippen molar-refractivity contribution in [1.29, 1.82) is 0 Å². The summed E-state index contributed by atoms with van der Waals surface area (Å²) in [5, 5.41) is 8.35. The Labute approximate surface area is 332 Å². The number of amides is 4. The SMILES string of the molecule is CC[C@@H](CCCN=C(N)N)C(=O)N[C@@H](CCCN=C(N)N)C(=O)C[C@@H](CCCN=C(N)N)C(=O)N[C@@H](CC(C)C)C(=O)C[C@@H](CC(C)C)C(=O)N[C@@H](C)C(N)=O. The standard InChI is InChI=1S/C37H71N13O6/c1-7-24(11-8-14-45-35(39)40)32(54)49-27(13-10-16-47-37(43)44)29(51)19-25(12-9-15-46-36(41)42)33(55)50-28(18-22(4)5)30(52)20-26(17-21(2)3)34(56)48-23(6)31(38)53/h21-28H,7-20H2,1-6H3,(H2,38,53)(H,48,56)(H,49,54)(H,50,55)(H4,39,40,45)(H4,41,42,46)(H4,43,44,47)/t23-,24-,25+,26+,27-,28-/m0/s1. The van der Waals surface area contributed by atoms with Crippen molar-refractivity contribution in [3.05, 3.63) is 0 Å². The number of hydrogen-bond acceptors (Lipinski definition) is 9. The number of nitrogens with one attached hydrogen (secondary N) is 3. The second-order valence-electron chi connectivity index (χ2n) is 15.2. The highest BCUT2D eigenvalue weighted by molar-refractivity contribution is 5.96. The first-order valence-electron chi connectivity index (χ1n) is 19.6. The van der Waals surface area contributed by atoms with Crippen molar-refractivity contribution in [3.63, 3.8) is 0 Å². The van der Waals surface area contributed by atoms with E-state index < -0.39 is 53.6 Å². The molecule has 0 aromatic rings. The zero-order valence-corrected chi connectivity index (χ0v) is 34.4.